The Kier molecular flexibility index (Phi) is 5.93. The van der Waals surface area contributed by atoms with Crippen molar-refractivity contribution in [1.82, 2.24) is 4.90 Å². The Balaban J connectivity index is 1.56. The maximum absolute atomic E-state index is 14.8. The average Bonchev–Trinajstić information content (AvgIpc) is 3.48. The third-order valence-corrected chi connectivity index (χ3v) is 8.21. The number of hydrogen-bond acceptors (Lipinski definition) is 2. The second-order valence-electron chi connectivity index (χ2n) is 10.2. The predicted octanol–water partition coefficient (Wildman–Crippen LogP) is 5.64. The summed E-state index contributed by atoms with van der Waals surface area (Å²) in [5, 5.41) is 0. The summed E-state index contributed by atoms with van der Waals surface area (Å²) >= 11 is 0. The van der Waals surface area contributed by atoms with Crippen LogP contribution in [0.25, 0.3) is 0 Å². The molecule has 0 spiro atoms. The van der Waals surface area contributed by atoms with E-state index in [1.165, 1.54) is 24.3 Å². The summed E-state index contributed by atoms with van der Waals surface area (Å²) in [6, 6.07) is 10.3. The molecule has 2 aromatic carbocycles. The number of amides is 1. The normalized spacial score (nSPS) is 27.9. The van der Waals surface area contributed by atoms with E-state index in [1.54, 1.807) is 18.2 Å². The van der Waals surface area contributed by atoms with Crippen LogP contribution in [0, 0.1) is 11.7 Å². The van der Waals surface area contributed by atoms with E-state index in [0.29, 0.717) is 64.3 Å². The first-order chi connectivity index (χ1) is 16.5. The minimum atomic E-state index is -5.02. The van der Waals surface area contributed by atoms with Crippen LogP contribution in [0.4, 0.5) is 22.0 Å². The van der Waals surface area contributed by atoms with Gasteiger partial charge in [-0.3, -0.25) is 4.79 Å². The number of nitrogens with zero attached hydrogens (tertiary/aromatic N) is 1. The highest BCUT2D eigenvalue weighted by molar-refractivity contribution is 5.80. The first-order valence-electron chi connectivity index (χ1n) is 12.1. The molecule has 3 aliphatic rings. The Hall–Kier alpha value is -2.48. The van der Waals surface area contributed by atoms with E-state index in [-0.39, 0.29) is 23.7 Å². The first-order valence-corrected chi connectivity index (χ1v) is 12.1. The van der Waals surface area contributed by atoms with Gasteiger partial charge in [-0.25, -0.2) is 8.78 Å². The largest absolute Gasteiger partial charge is 0.426 e. The summed E-state index contributed by atoms with van der Waals surface area (Å²) in [5.74, 6) is -0.475. The molecular weight excluding hydrogens is 465 g/mol. The van der Waals surface area contributed by atoms with Gasteiger partial charge in [-0.1, -0.05) is 30.3 Å². The van der Waals surface area contributed by atoms with Gasteiger partial charge in [-0.05, 0) is 73.4 Å². The van der Waals surface area contributed by atoms with Gasteiger partial charge in [0.2, 0.25) is 11.6 Å². The van der Waals surface area contributed by atoms with Crippen molar-refractivity contribution in [2.45, 2.75) is 62.3 Å². The van der Waals surface area contributed by atoms with Crippen LogP contribution in [0.5, 0.6) is 0 Å². The van der Waals surface area contributed by atoms with E-state index in [9.17, 15) is 26.7 Å². The molecule has 35 heavy (non-hydrogen) atoms. The second-order valence-corrected chi connectivity index (χ2v) is 10.2. The molecule has 2 aromatic rings. The van der Waals surface area contributed by atoms with Gasteiger partial charge in [0, 0.05) is 24.6 Å². The molecule has 1 aliphatic carbocycles. The van der Waals surface area contributed by atoms with Gasteiger partial charge < -0.3 is 9.64 Å². The molecule has 188 valence electrons. The highest BCUT2D eigenvalue weighted by atomic mass is 19.4. The molecule has 2 heterocycles. The minimum absolute atomic E-state index is 0.0574. The van der Waals surface area contributed by atoms with Crippen molar-refractivity contribution in [3.8, 4) is 0 Å². The average molecular weight is 494 g/mol. The number of alkyl halides is 4. The van der Waals surface area contributed by atoms with E-state index in [2.05, 4.69) is 0 Å². The number of carbonyl (C=O) groups is 1. The van der Waals surface area contributed by atoms with Crippen molar-refractivity contribution in [3.63, 3.8) is 0 Å². The van der Waals surface area contributed by atoms with Crippen molar-refractivity contribution < 1.29 is 31.5 Å². The third-order valence-electron chi connectivity index (χ3n) is 8.21. The Morgan fingerprint density at radius 2 is 1.86 bits per heavy atom. The van der Waals surface area contributed by atoms with Gasteiger partial charge in [0.15, 0.2) is 0 Å². The van der Waals surface area contributed by atoms with Crippen LogP contribution in [0.1, 0.15) is 48.4 Å². The van der Waals surface area contributed by atoms with E-state index in [1.807, 2.05) is 4.90 Å². The molecule has 1 amide bonds. The molecule has 0 saturated carbocycles. The smallest absolute Gasteiger partial charge is 0.381 e. The molecule has 2 fully saturated rings. The summed E-state index contributed by atoms with van der Waals surface area (Å²) in [4.78, 5) is 15.3. The fraction of sp³-hybridized carbons (Fsp3) is 0.519. The van der Waals surface area contributed by atoms with Gasteiger partial charge in [0.05, 0.1) is 12.5 Å². The lowest BCUT2D eigenvalue weighted by Gasteiger charge is -2.44. The van der Waals surface area contributed by atoms with Crippen LogP contribution >= 0.6 is 0 Å². The van der Waals surface area contributed by atoms with Crippen molar-refractivity contribution in [2.75, 3.05) is 19.8 Å². The van der Waals surface area contributed by atoms with Gasteiger partial charge in [0.1, 0.15) is 5.82 Å². The zero-order valence-corrected chi connectivity index (χ0v) is 19.5. The topological polar surface area (TPSA) is 29.5 Å². The number of fused-ring (bicyclic) bond motifs is 3. The van der Waals surface area contributed by atoms with Crippen LogP contribution in [-0.2, 0) is 33.5 Å². The minimum Gasteiger partial charge on any atom is -0.381 e. The molecule has 0 bridgehead atoms. The number of halogens is 5. The maximum atomic E-state index is 14.8. The fourth-order valence-electron chi connectivity index (χ4n) is 6.22. The predicted molar refractivity (Wildman–Crippen MR) is 120 cm³/mol. The van der Waals surface area contributed by atoms with E-state index in [0.717, 1.165) is 11.1 Å². The van der Waals surface area contributed by atoms with Gasteiger partial charge in [0.25, 0.3) is 0 Å². The van der Waals surface area contributed by atoms with Crippen LogP contribution < -0.4 is 0 Å². The monoisotopic (exact) mass is 493 g/mol. The number of likely N-dealkylation sites (tertiary alicyclic amines) is 1. The molecule has 2 aliphatic heterocycles. The zero-order valence-electron chi connectivity index (χ0n) is 19.5. The second kappa shape index (κ2) is 8.57. The van der Waals surface area contributed by atoms with Crippen LogP contribution in [0.15, 0.2) is 42.5 Å². The van der Waals surface area contributed by atoms with Crippen molar-refractivity contribution >= 4 is 5.91 Å². The first kappa shape index (κ1) is 24.2. The molecule has 4 atom stereocenters. The Morgan fingerprint density at radius 1 is 1.11 bits per heavy atom. The van der Waals surface area contributed by atoms with Crippen LogP contribution in [-0.4, -0.2) is 42.8 Å². The summed E-state index contributed by atoms with van der Waals surface area (Å²) < 4.78 is 73.9. The summed E-state index contributed by atoms with van der Waals surface area (Å²) in [6.07, 6.45) is -2.16. The highest BCUT2D eigenvalue weighted by Crippen LogP contribution is 2.51. The van der Waals surface area contributed by atoms with Gasteiger partial charge in [-0.2, -0.15) is 13.2 Å². The number of aryl methyl sites for hydroxylation is 1. The number of hydrogen-bond donors (Lipinski definition) is 0. The fourth-order valence-corrected chi connectivity index (χ4v) is 6.22. The lowest BCUT2D eigenvalue weighted by Crippen LogP contribution is -2.50. The summed E-state index contributed by atoms with van der Waals surface area (Å²) in [7, 11) is 0. The number of benzene rings is 2. The standard InChI is InChI=1S/C27H28F5NO2/c1-25(29,27(30,31)32)20-5-8-22-18(14-20)4-9-23-26(22,15-17-2-6-21(28)7-3-17)11-12-33(23)24(34)19-10-13-35-16-19/h2-3,5-8,14,19,23H,4,9-13,15-16H2,1H3/t19?,23-,25?,26-/m1/s1. The van der Waals surface area contributed by atoms with E-state index < -0.39 is 22.8 Å². The Bertz CT molecular complexity index is 1110. The van der Waals surface area contributed by atoms with Crippen molar-refractivity contribution in [1.29, 1.82) is 0 Å². The van der Waals surface area contributed by atoms with Crippen molar-refractivity contribution in [2.24, 2.45) is 5.92 Å². The molecular formula is C27H28F5NO2. The Morgan fingerprint density at radius 3 is 2.51 bits per heavy atom. The quantitative estimate of drug-likeness (QED) is 0.517. The molecule has 0 aromatic heterocycles. The molecule has 8 heteroatoms. The van der Waals surface area contributed by atoms with Gasteiger partial charge >= 0.3 is 6.18 Å². The van der Waals surface area contributed by atoms with Crippen LogP contribution in [0.3, 0.4) is 0 Å². The summed E-state index contributed by atoms with van der Waals surface area (Å²) in [5.41, 5.74) is -1.97. The number of rotatable bonds is 4. The zero-order chi connectivity index (χ0) is 25.0. The highest BCUT2D eigenvalue weighted by Gasteiger charge is 2.56. The van der Waals surface area contributed by atoms with E-state index >= 15 is 0 Å². The molecule has 0 N–H and O–H groups in total. The van der Waals surface area contributed by atoms with Gasteiger partial charge in [-0.15, -0.1) is 0 Å². The molecule has 2 unspecified atom stereocenters. The van der Waals surface area contributed by atoms with E-state index in [4.69, 9.17) is 4.74 Å². The SMILES string of the molecule is CC(F)(c1ccc2c(c1)CC[C@H]1N(C(=O)C3CCOC3)CC[C@@]21Cc1ccc(F)cc1)C(F)(F)F. The molecule has 2 saturated heterocycles. The third kappa shape index (κ3) is 4.03. The number of carbonyl (C=O) groups excluding carboxylic acids is 1. The Labute approximate surface area is 201 Å². The lowest BCUT2D eigenvalue weighted by atomic mass is 9.63. The van der Waals surface area contributed by atoms with Crippen molar-refractivity contribution in [3.05, 3.63) is 70.5 Å². The lowest BCUT2D eigenvalue weighted by molar-refractivity contribution is -0.228. The number of ether oxygens (including phenoxy) is 1. The maximum Gasteiger partial charge on any atom is 0.426 e. The molecule has 5 rings (SSSR count). The molecule has 0 radical (unpaired) electrons. The summed E-state index contributed by atoms with van der Waals surface area (Å²) in [6.45, 7) is 2.04. The van der Waals surface area contributed by atoms with Crippen LogP contribution in [0.2, 0.25) is 0 Å². The molecule has 3 nitrogen and oxygen atoms in total.